The highest BCUT2D eigenvalue weighted by Crippen LogP contribution is 2.36. The summed E-state index contributed by atoms with van der Waals surface area (Å²) in [5.41, 5.74) is 4.57. The normalized spacial score (nSPS) is 20.8. The Bertz CT molecular complexity index is 684. The summed E-state index contributed by atoms with van der Waals surface area (Å²) in [5.74, 6) is 0.374. The first-order valence-electron chi connectivity index (χ1n) is 7.88. The molecule has 0 radical (unpaired) electrons. The van der Waals surface area contributed by atoms with E-state index < -0.39 is 6.10 Å². The van der Waals surface area contributed by atoms with Crippen LogP contribution in [0.3, 0.4) is 0 Å². The molecule has 2 aromatic rings. The standard InChI is InChI=1S/C18H22N2O2S/c1-11-3-4-13-8-12(2)17(15(13)7-11)20-18(22)19-9-16(21)14-5-6-23-10-14/h3-7,10,12,16-17,21H,8-9H2,1-2H3,(H2,19,20,22). The number of carbonyl (C=O) groups excluding carboxylic acids is 1. The second kappa shape index (κ2) is 6.72. The molecule has 4 nitrogen and oxygen atoms in total. The summed E-state index contributed by atoms with van der Waals surface area (Å²) >= 11 is 1.53. The van der Waals surface area contributed by atoms with Crippen LogP contribution in [0.15, 0.2) is 35.0 Å². The summed E-state index contributed by atoms with van der Waals surface area (Å²) in [6, 6.07) is 8.09. The van der Waals surface area contributed by atoms with E-state index in [4.69, 9.17) is 0 Å². The lowest BCUT2D eigenvalue weighted by Crippen LogP contribution is -2.40. The summed E-state index contributed by atoms with van der Waals surface area (Å²) in [5, 5.41) is 19.7. The van der Waals surface area contributed by atoms with E-state index in [9.17, 15) is 9.90 Å². The smallest absolute Gasteiger partial charge is 0.315 e. The number of hydrogen-bond acceptors (Lipinski definition) is 3. The second-order valence-corrected chi connectivity index (χ2v) is 7.07. The summed E-state index contributed by atoms with van der Waals surface area (Å²) in [4.78, 5) is 12.2. The van der Waals surface area contributed by atoms with Crippen molar-refractivity contribution in [3.05, 3.63) is 57.3 Å². The number of amides is 2. The van der Waals surface area contributed by atoms with E-state index in [1.54, 1.807) is 0 Å². The predicted molar refractivity (Wildman–Crippen MR) is 92.6 cm³/mol. The molecule has 5 heteroatoms. The molecular weight excluding hydrogens is 308 g/mol. The van der Waals surface area contributed by atoms with Gasteiger partial charge in [-0.15, -0.1) is 0 Å². The topological polar surface area (TPSA) is 61.4 Å². The molecule has 1 heterocycles. The lowest BCUT2D eigenvalue weighted by molar-refractivity contribution is 0.172. The molecule has 0 saturated heterocycles. The largest absolute Gasteiger partial charge is 0.387 e. The van der Waals surface area contributed by atoms with Gasteiger partial charge in [0.25, 0.3) is 0 Å². The number of aryl methyl sites for hydroxylation is 1. The maximum Gasteiger partial charge on any atom is 0.315 e. The molecule has 0 bridgehead atoms. The first-order valence-corrected chi connectivity index (χ1v) is 8.83. The van der Waals surface area contributed by atoms with Crippen LogP contribution in [0.1, 0.15) is 41.3 Å². The van der Waals surface area contributed by atoms with Gasteiger partial charge in [0.15, 0.2) is 0 Å². The number of carbonyl (C=O) groups is 1. The lowest BCUT2D eigenvalue weighted by Gasteiger charge is -2.20. The molecule has 1 aromatic heterocycles. The third kappa shape index (κ3) is 3.57. The van der Waals surface area contributed by atoms with Gasteiger partial charge in [-0.05, 0) is 52.8 Å². The molecule has 2 amide bonds. The number of aliphatic hydroxyl groups is 1. The van der Waals surface area contributed by atoms with Crippen LogP contribution in [0.25, 0.3) is 0 Å². The zero-order valence-corrected chi connectivity index (χ0v) is 14.2. The van der Waals surface area contributed by atoms with Gasteiger partial charge in [-0.3, -0.25) is 0 Å². The number of fused-ring (bicyclic) bond motifs is 1. The van der Waals surface area contributed by atoms with Gasteiger partial charge in [0, 0.05) is 6.54 Å². The first kappa shape index (κ1) is 16.0. The Labute approximate surface area is 140 Å². The van der Waals surface area contributed by atoms with E-state index in [0.717, 1.165) is 12.0 Å². The van der Waals surface area contributed by atoms with Crippen LogP contribution < -0.4 is 10.6 Å². The molecule has 122 valence electrons. The zero-order valence-electron chi connectivity index (χ0n) is 13.4. The highest BCUT2D eigenvalue weighted by atomic mass is 32.1. The number of benzene rings is 1. The Kier molecular flexibility index (Phi) is 4.68. The van der Waals surface area contributed by atoms with Crippen LogP contribution >= 0.6 is 11.3 Å². The molecule has 0 saturated carbocycles. The minimum absolute atomic E-state index is 0.0307. The molecule has 0 fully saturated rings. The number of urea groups is 1. The number of aliphatic hydroxyl groups excluding tert-OH is 1. The number of nitrogens with one attached hydrogen (secondary N) is 2. The zero-order chi connectivity index (χ0) is 16.4. The van der Waals surface area contributed by atoms with Crippen LogP contribution in [-0.4, -0.2) is 17.7 Å². The summed E-state index contributed by atoms with van der Waals surface area (Å²) in [6.07, 6.45) is 0.320. The Hall–Kier alpha value is -1.85. The molecule has 3 atom stereocenters. The quantitative estimate of drug-likeness (QED) is 0.805. The fraction of sp³-hybridized carbons (Fsp3) is 0.389. The first-order chi connectivity index (χ1) is 11.0. The van der Waals surface area contributed by atoms with E-state index in [1.807, 2.05) is 16.8 Å². The van der Waals surface area contributed by atoms with E-state index in [2.05, 4.69) is 42.7 Å². The third-order valence-corrected chi connectivity index (χ3v) is 5.12. The molecular formula is C18H22N2O2S. The van der Waals surface area contributed by atoms with Gasteiger partial charge in [0.1, 0.15) is 0 Å². The molecule has 23 heavy (non-hydrogen) atoms. The number of thiophene rings is 1. The van der Waals surface area contributed by atoms with E-state index in [1.165, 1.54) is 28.0 Å². The average Bonchev–Trinajstić information content (AvgIpc) is 3.15. The van der Waals surface area contributed by atoms with Crippen LogP contribution in [0.4, 0.5) is 4.79 Å². The maximum absolute atomic E-state index is 12.2. The molecule has 3 N–H and O–H groups in total. The molecule has 0 aliphatic heterocycles. The van der Waals surface area contributed by atoms with Crippen LogP contribution in [0, 0.1) is 12.8 Å². The van der Waals surface area contributed by atoms with Crippen molar-refractivity contribution in [3.63, 3.8) is 0 Å². The fourth-order valence-electron chi connectivity index (χ4n) is 3.15. The molecule has 0 spiro atoms. The summed E-state index contributed by atoms with van der Waals surface area (Å²) in [6.45, 7) is 4.43. The van der Waals surface area contributed by atoms with Crippen molar-refractivity contribution in [1.82, 2.24) is 10.6 Å². The Morgan fingerprint density at radius 3 is 3.00 bits per heavy atom. The van der Waals surface area contributed by atoms with Gasteiger partial charge >= 0.3 is 6.03 Å². The van der Waals surface area contributed by atoms with Gasteiger partial charge in [0.05, 0.1) is 12.1 Å². The fourth-order valence-corrected chi connectivity index (χ4v) is 3.85. The molecule has 3 rings (SSSR count). The van der Waals surface area contributed by atoms with Crippen LogP contribution in [-0.2, 0) is 6.42 Å². The lowest BCUT2D eigenvalue weighted by atomic mass is 10.0. The Balaban J connectivity index is 1.59. The Morgan fingerprint density at radius 1 is 1.43 bits per heavy atom. The molecule has 1 aromatic carbocycles. The summed E-state index contributed by atoms with van der Waals surface area (Å²) in [7, 11) is 0. The van der Waals surface area contributed by atoms with Crippen molar-refractivity contribution in [2.45, 2.75) is 32.4 Å². The van der Waals surface area contributed by atoms with Crippen LogP contribution in [0.5, 0.6) is 0 Å². The molecule has 1 aliphatic rings. The minimum Gasteiger partial charge on any atom is -0.387 e. The predicted octanol–water partition coefficient (Wildman–Crippen LogP) is 3.32. The number of rotatable bonds is 4. The monoisotopic (exact) mass is 330 g/mol. The van der Waals surface area contributed by atoms with Crippen molar-refractivity contribution in [2.24, 2.45) is 5.92 Å². The Morgan fingerprint density at radius 2 is 2.26 bits per heavy atom. The highest BCUT2D eigenvalue weighted by molar-refractivity contribution is 7.07. The van der Waals surface area contributed by atoms with E-state index >= 15 is 0 Å². The van der Waals surface area contributed by atoms with Gasteiger partial charge < -0.3 is 15.7 Å². The summed E-state index contributed by atoms with van der Waals surface area (Å²) < 4.78 is 0. The highest BCUT2D eigenvalue weighted by Gasteiger charge is 2.30. The van der Waals surface area contributed by atoms with E-state index in [-0.39, 0.29) is 18.6 Å². The average molecular weight is 330 g/mol. The van der Waals surface area contributed by atoms with Crippen molar-refractivity contribution in [2.75, 3.05) is 6.54 Å². The third-order valence-electron chi connectivity index (χ3n) is 4.42. The van der Waals surface area contributed by atoms with Gasteiger partial charge in [0.2, 0.25) is 0 Å². The van der Waals surface area contributed by atoms with Crippen molar-refractivity contribution in [1.29, 1.82) is 0 Å². The van der Waals surface area contributed by atoms with Gasteiger partial charge in [-0.25, -0.2) is 4.79 Å². The van der Waals surface area contributed by atoms with Crippen molar-refractivity contribution >= 4 is 17.4 Å². The van der Waals surface area contributed by atoms with Gasteiger partial charge in [-0.1, -0.05) is 30.7 Å². The molecule has 1 aliphatic carbocycles. The SMILES string of the molecule is Cc1ccc2c(c1)C(NC(=O)NCC(O)c1ccsc1)C(C)C2. The molecule has 3 unspecified atom stereocenters. The van der Waals surface area contributed by atoms with Crippen molar-refractivity contribution < 1.29 is 9.90 Å². The van der Waals surface area contributed by atoms with Crippen LogP contribution in [0.2, 0.25) is 0 Å². The number of hydrogen-bond donors (Lipinski definition) is 3. The maximum atomic E-state index is 12.2. The van der Waals surface area contributed by atoms with Crippen molar-refractivity contribution in [3.8, 4) is 0 Å². The van der Waals surface area contributed by atoms with Gasteiger partial charge in [-0.2, -0.15) is 11.3 Å². The van der Waals surface area contributed by atoms with E-state index in [0.29, 0.717) is 5.92 Å². The minimum atomic E-state index is -0.664. The second-order valence-electron chi connectivity index (χ2n) is 6.29.